The molecule has 6 nitrogen and oxygen atoms in total. The lowest BCUT2D eigenvalue weighted by Crippen LogP contribution is -2.20. The first-order chi connectivity index (χ1) is 15.0. The molecule has 0 saturated carbocycles. The van der Waals surface area contributed by atoms with Crippen molar-refractivity contribution in [2.24, 2.45) is 0 Å². The van der Waals surface area contributed by atoms with Gasteiger partial charge in [-0.2, -0.15) is 0 Å². The lowest BCUT2D eigenvalue weighted by atomic mass is 10.1. The monoisotopic (exact) mass is 580 g/mol. The van der Waals surface area contributed by atoms with Crippen LogP contribution in [0, 0.1) is 20.8 Å². The minimum atomic E-state index is -3.75. The first-order valence-corrected chi connectivity index (χ1v) is 12.7. The van der Waals surface area contributed by atoms with Gasteiger partial charge in [0, 0.05) is 10.2 Å². The van der Waals surface area contributed by atoms with Crippen LogP contribution in [0.5, 0.6) is 5.75 Å². The molecule has 9 heteroatoms. The molecule has 0 saturated heterocycles. The van der Waals surface area contributed by atoms with E-state index in [0.29, 0.717) is 17.1 Å². The molecule has 0 aliphatic heterocycles. The zero-order valence-electron chi connectivity index (χ0n) is 17.7. The van der Waals surface area contributed by atoms with E-state index in [2.05, 4.69) is 41.9 Å². The zero-order chi connectivity index (χ0) is 23.5. The summed E-state index contributed by atoms with van der Waals surface area (Å²) in [5, 5.41) is 2.70. The van der Waals surface area contributed by atoms with E-state index in [4.69, 9.17) is 4.74 Å². The van der Waals surface area contributed by atoms with Crippen LogP contribution in [-0.2, 0) is 14.8 Å². The first-order valence-electron chi connectivity index (χ1n) is 9.63. The summed E-state index contributed by atoms with van der Waals surface area (Å²) >= 11 is 6.83. The number of hydrogen-bond acceptors (Lipinski definition) is 4. The van der Waals surface area contributed by atoms with E-state index in [1.54, 1.807) is 6.07 Å². The molecule has 0 unspecified atom stereocenters. The van der Waals surface area contributed by atoms with Crippen molar-refractivity contribution in [3.8, 4) is 5.75 Å². The topological polar surface area (TPSA) is 84.5 Å². The van der Waals surface area contributed by atoms with Gasteiger partial charge in [0.2, 0.25) is 0 Å². The number of carbonyl (C=O) groups excluding carboxylic acids is 1. The van der Waals surface area contributed by atoms with Crippen LogP contribution in [0.1, 0.15) is 16.7 Å². The van der Waals surface area contributed by atoms with Gasteiger partial charge in [0.1, 0.15) is 5.75 Å². The maximum atomic E-state index is 12.7. The van der Waals surface area contributed by atoms with E-state index in [1.807, 2.05) is 45.0 Å². The van der Waals surface area contributed by atoms with Crippen LogP contribution < -0.4 is 14.8 Å². The molecule has 2 N–H and O–H groups in total. The average molecular weight is 582 g/mol. The summed E-state index contributed by atoms with van der Waals surface area (Å²) < 4.78 is 35.3. The van der Waals surface area contributed by atoms with Crippen LogP contribution in [0.15, 0.2) is 68.4 Å². The zero-order valence-corrected chi connectivity index (χ0v) is 21.7. The molecule has 0 bridgehead atoms. The van der Waals surface area contributed by atoms with Crippen LogP contribution >= 0.6 is 31.9 Å². The fraction of sp³-hybridized carbons (Fsp3) is 0.174. The van der Waals surface area contributed by atoms with Gasteiger partial charge in [0.25, 0.3) is 15.9 Å². The van der Waals surface area contributed by atoms with Crippen molar-refractivity contribution < 1.29 is 17.9 Å². The molecule has 0 aliphatic carbocycles. The summed E-state index contributed by atoms with van der Waals surface area (Å²) in [6, 6.07) is 15.2. The Morgan fingerprint density at radius 1 is 0.938 bits per heavy atom. The number of ether oxygens (including phenoxy) is 1. The predicted octanol–water partition coefficient (Wildman–Crippen LogP) is 5.96. The third-order valence-corrected chi connectivity index (χ3v) is 7.04. The maximum Gasteiger partial charge on any atom is 0.262 e. The molecule has 168 valence electrons. The molecule has 3 aromatic carbocycles. The normalized spacial score (nSPS) is 11.2. The van der Waals surface area contributed by atoms with E-state index in [-0.39, 0.29) is 17.4 Å². The van der Waals surface area contributed by atoms with Gasteiger partial charge in [-0.3, -0.25) is 9.52 Å². The lowest BCUT2D eigenvalue weighted by molar-refractivity contribution is -0.118. The van der Waals surface area contributed by atoms with Crippen LogP contribution in [-0.4, -0.2) is 20.9 Å². The fourth-order valence-electron chi connectivity index (χ4n) is 3.06. The number of halogens is 2. The summed E-state index contributed by atoms with van der Waals surface area (Å²) in [5.74, 6) is 0.227. The molecule has 0 fully saturated rings. The number of sulfonamides is 1. The number of nitrogens with one attached hydrogen (secondary N) is 2. The van der Waals surface area contributed by atoms with Gasteiger partial charge in [-0.1, -0.05) is 33.6 Å². The summed E-state index contributed by atoms with van der Waals surface area (Å²) in [6.07, 6.45) is 0. The molecule has 0 atom stereocenters. The molecule has 32 heavy (non-hydrogen) atoms. The molecule has 1 amide bonds. The van der Waals surface area contributed by atoms with Crippen molar-refractivity contribution in [1.29, 1.82) is 0 Å². The highest BCUT2D eigenvalue weighted by molar-refractivity contribution is 9.11. The van der Waals surface area contributed by atoms with Crippen LogP contribution in [0.4, 0.5) is 11.4 Å². The third-order valence-electron chi connectivity index (χ3n) is 4.62. The number of aryl methyl sites for hydroxylation is 3. The standard InChI is InChI=1S/C23H22Br2N2O4S/c1-14-4-9-21(15(2)10-14)27-32(29,30)19-7-5-18(6-8-19)26-22(28)13-31-23-16(3)11-17(24)12-20(23)25/h4-12,27H,13H2,1-3H3,(H,26,28). The van der Waals surface area contributed by atoms with Gasteiger partial charge in [-0.25, -0.2) is 8.42 Å². The number of benzene rings is 3. The smallest absolute Gasteiger partial charge is 0.262 e. The Hall–Kier alpha value is -2.36. The lowest BCUT2D eigenvalue weighted by Gasteiger charge is -2.13. The number of rotatable bonds is 7. The van der Waals surface area contributed by atoms with Crippen molar-refractivity contribution in [1.82, 2.24) is 0 Å². The molecule has 0 heterocycles. The second kappa shape index (κ2) is 10.1. The summed E-state index contributed by atoms with van der Waals surface area (Å²) in [5.41, 5.74) is 3.77. The summed E-state index contributed by atoms with van der Waals surface area (Å²) in [6.45, 7) is 5.49. The minimum Gasteiger partial charge on any atom is -0.482 e. The highest BCUT2D eigenvalue weighted by Gasteiger charge is 2.16. The number of carbonyl (C=O) groups is 1. The number of hydrogen-bond donors (Lipinski definition) is 2. The second-order valence-corrected chi connectivity index (χ2v) is 10.8. The van der Waals surface area contributed by atoms with Crippen molar-refractivity contribution in [3.63, 3.8) is 0 Å². The predicted molar refractivity (Wildman–Crippen MR) is 134 cm³/mol. The van der Waals surface area contributed by atoms with E-state index in [0.717, 1.165) is 25.6 Å². The molecule has 3 rings (SSSR count). The van der Waals surface area contributed by atoms with Gasteiger partial charge in [0.05, 0.1) is 15.1 Å². The molecule has 0 radical (unpaired) electrons. The van der Waals surface area contributed by atoms with Crippen molar-refractivity contribution in [2.75, 3.05) is 16.6 Å². The van der Waals surface area contributed by atoms with E-state index < -0.39 is 10.0 Å². The van der Waals surface area contributed by atoms with Crippen molar-refractivity contribution in [3.05, 3.63) is 80.2 Å². The third kappa shape index (κ3) is 6.11. The Kier molecular flexibility index (Phi) is 7.63. The Bertz CT molecular complexity index is 1240. The van der Waals surface area contributed by atoms with Gasteiger partial charge in [-0.15, -0.1) is 0 Å². The molecule has 3 aromatic rings. The Morgan fingerprint density at radius 2 is 1.62 bits per heavy atom. The van der Waals surface area contributed by atoms with Crippen molar-refractivity contribution in [2.45, 2.75) is 25.7 Å². The van der Waals surface area contributed by atoms with Crippen LogP contribution in [0.2, 0.25) is 0 Å². The van der Waals surface area contributed by atoms with Crippen LogP contribution in [0.25, 0.3) is 0 Å². The van der Waals surface area contributed by atoms with Gasteiger partial charge in [-0.05, 0) is 90.3 Å². The van der Waals surface area contributed by atoms with E-state index >= 15 is 0 Å². The molecular weight excluding hydrogens is 560 g/mol. The Balaban J connectivity index is 1.63. The first kappa shape index (κ1) is 24.3. The minimum absolute atomic E-state index is 0.0983. The van der Waals surface area contributed by atoms with Crippen molar-refractivity contribution >= 4 is 59.2 Å². The quantitative estimate of drug-likeness (QED) is 0.361. The summed E-state index contributed by atoms with van der Waals surface area (Å²) in [7, 11) is -3.75. The number of anilines is 2. The molecule has 0 spiro atoms. The maximum absolute atomic E-state index is 12.7. The Labute approximate surface area is 204 Å². The SMILES string of the molecule is Cc1ccc(NS(=O)(=O)c2ccc(NC(=O)COc3c(C)cc(Br)cc3Br)cc2)c(C)c1. The molecular formula is C23H22Br2N2O4S. The van der Waals surface area contributed by atoms with E-state index in [1.165, 1.54) is 24.3 Å². The van der Waals surface area contributed by atoms with Crippen LogP contribution in [0.3, 0.4) is 0 Å². The highest BCUT2D eigenvalue weighted by Crippen LogP contribution is 2.32. The number of amides is 1. The highest BCUT2D eigenvalue weighted by atomic mass is 79.9. The van der Waals surface area contributed by atoms with Gasteiger partial charge >= 0.3 is 0 Å². The molecule has 0 aliphatic rings. The van der Waals surface area contributed by atoms with Gasteiger partial charge in [0.15, 0.2) is 6.61 Å². The second-order valence-electron chi connectivity index (χ2n) is 7.32. The van der Waals surface area contributed by atoms with E-state index in [9.17, 15) is 13.2 Å². The summed E-state index contributed by atoms with van der Waals surface area (Å²) in [4.78, 5) is 12.4. The molecule has 0 aromatic heterocycles. The Morgan fingerprint density at radius 3 is 2.25 bits per heavy atom. The average Bonchev–Trinajstić information content (AvgIpc) is 2.69. The van der Waals surface area contributed by atoms with Gasteiger partial charge < -0.3 is 10.1 Å². The largest absolute Gasteiger partial charge is 0.482 e. The fourth-order valence-corrected chi connectivity index (χ4v) is 5.74.